The summed E-state index contributed by atoms with van der Waals surface area (Å²) in [5.74, 6) is -0.0516. The van der Waals surface area contributed by atoms with Crippen LogP contribution >= 0.6 is 0 Å². The molecule has 1 aromatic carbocycles. The number of hydrogen-bond donors (Lipinski definition) is 1. The summed E-state index contributed by atoms with van der Waals surface area (Å²) in [6.07, 6.45) is 2.75. The maximum atomic E-state index is 11.2. The molecule has 1 amide bonds. The molecular formula is C11H12N2O. The van der Waals surface area contributed by atoms with Crippen molar-refractivity contribution in [2.24, 2.45) is 4.99 Å². The van der Waals surface area contributed by atoms with E-state index < -0.39 is 0 Å². The SMILES string of the molecule is CCc1ccc2c(c1)C=NCC(=O)N2. The summed E-state index contributed by atoms with van der Waals surface area (Å²) < 4.78 is 0. The Hall–Kier alpha value is -1.64. The molecule has 0 aliphatic carbocycles. The third-order valence-corrected chi connectivity index (χ3v) is 2.26. The van der Waals surface area contributed by atoms with Gasteiger partial charge in [-0.2, -0.15) is 0 Å². The van der Waals surface area contributed by atoms with E-state index in [1.54, 1.807) is 6.21 Å². The molecule has 3 nitrogen and oxygen atoms in total. The number of benzene rings is 1. The molecule has 0 saturated carbocycles. The van der Waals surface area contributed by atoms with E-state index >= 15 is 0 Å². The van der Waals surface area contributed by atoms with Gasteiger partial charge in [-0.1, -0.05) is 13.0 Å². The van der Waals surface area contributed by atoms with Crippen LogP contribution in [0.4, 0.5) is 5.69 Å². The van der Waals surface area contributed by atoms with Crippen molar-refractivity contribution in [2.45, 2.75) is 13.3 Å². The predicted octanol–water partition coefficient (Wildman–Crippen LogP) is 1.62. The first-order valence-corrected chi connectivity index (χ1v) is 4.72. The fourth-order valence-corrected chi connectivity index (χ4v) is 1.47. The minimum absolute atomic E-state index is 0.0516. The quantitative estimate of drug-likeness (QED) is 0.714. The number of hydrogen-bond acceptors (Lipinski definition) is 2. The fourth-order valence-electron chi connectivity index (χ4n) is 1.47. The number of anilines is 1. The first-order chi connectivity index (χ1) is 6.79. The van der Waals surface area contributed by atoms with Gasteiger partial charge in [-0.15, -0.1) is 0 Å². The highest BCUT2D eigenvalue weighted by Gasteiger charge is 2.08. The van der Waals surface area contributed by atoms with Gasteiger partial charge < -0.3 is 5.32 Å². The van der Waals surface area contributed by atoms with Crippen molar-refractivity contribution in [3.05, 3.63) is 29.3 Å². The molecule has 0 saturated heterocycles. The van der Waals surface area contributed by atoms with Crippen molar-refractivity contribution in [1.29, 1.82) is 0 Å². The van der Waals surface area contributed by atoms with Crippen molar-refractivity contribution in [3.8, 4) is 0 Å². The van der Waals surface area contributed by atoms with Crippen LogP contribution in [-0.4, -0.2) is 18.7 Å². The highest BCUT2D eigenvalue weighted by atomic mass is 16.1. The van der Waals surface area contributed by atoms with Crippen LogP contribution in [0.3, 0.4) is 0 Å². The third-order valence-electron chi connectivity index (χ3n) is 2.26. The molecule has 0 atom stereocenters. The second-order valence-corrected chi connectivity index (χ2v) is 3.29. The van der Waals surface area contributed by atoms with Crippen LogP contribution < -0.4 is 5.32 Å². The number of nitrogens with one attached hydrogen (secondary N) is 1. The first-order valence-electron chi connectivity index (χ1n) is 4.72. The summed E-state index contributed by atoms with van der Waals surface area (Å²) in [4.78, 5) is 15.2. The monoisotopic (exact) mass is 188 g/mol. The summed E-state index contributed by atoms with van der Waals surface area (Å²) in [6.45, 7) is 2.32. The lowest BCUT2D eigenvalue weighted by Gasteiger charge is -2.05. The van der Waals surface area contributed by atoms with E-state index in [0.717, 1.165) is 17.7 Å². The van der Waals surface area contributed by atoms with Gasteiger partial charge in [-0.05, 0) is 24.1 Å². The molecule has 1 N–H and O–H groups in total. The Balaban J connectivity index is 2.44. The molecule has 1 aliphatic rings. The zero-order valence-electron chi connectivity index (χ0n) is 8.08. The molecule has 0 spiro atoms. The van der Waals surface area contributed by atoms with Crippen LogP contribution in [0.25, 0.3) is 0 Å². The Kier molecular flexibility index (Phi) is 2.31. The lowest BCUT2D eigenvalue weighted by atomic mass is 10.1. The Morgan fingerprint density at radius 2 is 2.36 bits per heavy atom. The summed E-state index contributed by atoms with van der Waals surface area (Å²) in [7, 11) is 0. The first kappa shape index (κ1) is 8.94. The van der Waals surface area contributed by atoms with E-state index in [9.17, 15) is 4.79 Å². The Bertz CT molecular complexity index is 396. The number of rotatable bonds is 1. The number of benzodiazepines with no additional fused rings is 1. The summed E-state index contributed by atoms with van der Waals surface area (Å²) in [6, 6.07) is 6.02. The van der Waals surface area contributed by atoms with E-state index in [1.165, 1.54) is 5.56 Å². The van der Waals surface area contributed by atoms with Crippen molar-refractivity contribution in [1.82, 2.24) is 0 Å². The lowest BCUT2D eigenvalue weighted by molar-refractivity contribution is -0.114. The molecule has 1 aromatic rings. The maximum Gasteiger partial charge on any atom is 0.246 e. The number of nitrogens with zero attached hydrogens (tertiary/aromatic N) is 1. The second kappa shape index (κ2) is 3.62. The van der Waals surface area contributed by atoms with E-state index in [-0.39, 0.29) is 12.5 Å². The molecule has 0 radical (unpaired) electrons. The van der Waals surface area contributed by atoms with E-state index in [2.05, 4.69) is 23.3 Å². The zero-order chi connectivity index (χ0) is 9.97. The average molecular weight is 188 g/mol. The highest BCUT2D eigenvalue weighted by Crippen LogP contribution is 2.17. The molecule has 0 fully saturated rings. The van der Waals surface area contributed by atoms with Gasteiger partial charge in [0.05, 0.1) is 0 Å². The maximum absolute atomic E-state index is 11.2. The number of carbonyl (C=O) groups excluding carboxylic acids is 1. The second-order valence-electron chi connectivity index (χ2n) is 3.29. The molecule has 14 heavy (non-hydrogen) atoms. The van der Waals surface area contributed by atoms with Gasteiger partial charge in [0.15, 0.2) is 0 Å². The third kappa shape index (κ3) is 1.66. The van der Waals surface area contributed by atoms with Crippen LogP contribution in [0.1, 0.15) is 18.1 Å². The zero-order valence-corrected chi connectivity index (χ0v) is 8.08. The molecule has 2 rings (SSSR count). The number of amides is 1. The largest absolute Gasteiger partial charge is 0.324 e. The number of carbonyl (C=O) groups is 1. The fraction of sp³-hybridized carbons (Fsp3) is 0.273. The molecule has 1 heterocycles. The molecule has 0 unspecified atom stereocenters. The number of aliphatic imine (C=N–C) groups is 1. The highest BCUT2D eigenvalue weighted by molar-refractivity contribution is 6.01. The van der Waals surface area contributed by atoms with Crippen LogP contribution in [0, 0.1) is 0 Å². The van der Waals surface area contributed by atoms with Crippen LogP contribution in [0.2, 0.25) is 0 Å². The average Bonchev–Trinajstić information content (AvgIpc) is 2.37. The predicted molar refractivity (Wildman–Crippen MR) is 56.9 cm³/mol. The molecule has 72 valence electrons. The Morgan fingerprint density at radius 3 is 3.14 bits per heavy atom. The lowest BCUT2D eigenvalue weighted by Crippen LogP contribution is -2.13. The molecule has 1 aliphatic heterocycles. The van der Waals surface area contributed by atoms with Gasteiger partial charge in [-0.3, -0.25) is 9.79 Å². The Morgan fingerprint density at radius 1 is 1.50 bits per heavy atom. The van der Waals surface area contributed by atoms with Gasteiger partial charge in [-0.25, -0.2) is 0 Å². The molecule has 3 heteroatoms. The van der Waals surface area contributed by atoms with Crippen LogP contribution in [-0.2, 0) is 11.2 Å². The topological polar surface area (TPSA) is 41.5 Å². The minimum Gasteiger partial charge on any atom is -0.324 e. The van der Waals surface area contributed by atoms with Crippen LogP contribution in [0.15, 0.2) is 23.2 Å². The van der Waals surface area contributed by atoms with Crippen molar-refractivity contribution < 1.29 is 4.79 Å². The van der Waals surface area contributed by atoms with E-state index in [0.29, 0.717) is 0 Å². The van der Waals surface area contributed by atoms with E-state index in [1.807, 2.05) is 12.1 Å². The molecule has 0 bridgehead atoms. The van der Waals surface area contributed by atoms with Crippen LogP contribution in [0.5, 0.6) is 0 Å². The molecule has 0 aromatic heterocycles. The summed E-state index contributed by atoms with van der Waals surface area (Å²) >= 11 is 0. The van der Waals surface area contributed by atoms with E-state index in [4.69, 9.17) is 0 Å². The minimum atomic E-state index is -0.0516. The smallest absolute Gasteiger partial charge is 0.246 e. The molecular weight excluding hydrogens is 176 g/mol. The van der Waals surface area contributed by atoms with Gasteiger partial charge in [0, 0.05) is 17.5 Å². The van der Waals surface area contributed by atoms with Crippen molar-refractivity contribution in [2.75, 3.05) is 11.9 Å². The van der Waals surface area contributed by atoms with Gasteiger partial charge in [0.25, 0.3) is 0 Å². The van der Waals surface area contributed by atoms with Crippen molar-refractivity contribution in [3.63, 3.8) is 0 Å². The van der Waals surface area contributed by atoms with Gasteiger partial charge >= 0.3 is 0 Å². The Labute approximate surface area is 82.9 Å². The van der Waals surface area contributed by atoms with Gasteiger partial charge in [0.2, 0.25) is 5.91 Å². The normalized spacial score (nSPS) is 14.5. The number of aryl methyl sites for hydroxylation is 1. The summed E-state index contributed by atoms with van der Waals surface area (Å²) in [5.41, 5.74) is 3.11. The number of fused-ring (bicyclic) bond motifs is 1. The summed E-state index contributed by atoms with van der Waals surface area (Å²) in [5, 5.41) is 2.81. The standard InChI is InChI=1S/C11H12N2O/c1-2-8-3-4-10-9(5-8)6-12-7-11(14)13-10/h3-6H,2,7H2,1H3,(H,13,14). The van der Waals surface area contributed by atoms with Crippen molar-refractivity contribution >= 4 is 17.8 Å². The van der Waals surface area contributed by atoms with Gasteiger partial charge in [0.1, 0.15) is 6.54 Å².